The van der Waals surface area contributed by atoms with Crippen LogP contribution < -0.4 is 24.8 Å². The molecule has 1 saturated carbocycles. The maximum atomic E-state index is 13.2. The van der Waals surface area contributed by atoms with Crippen molar-refractivity contribution in [2.45, 2.75) is 12.8 Å². The predicted octanol–water partition coefficient (Wildman–Crippen LogP) is 5.28. The molecule has 1 aliphatic heterocycles. The van der Waals surface area contributed by atoms with Gasteiger partial charge in [0, 0.05) is 55.2 Å². The number of anilines is 2. The van der Waals surface area contributed by atoms with Crippen molar-refractivity contribution < 1.29 is 33.0 Å². The Morgan fingerprint density at radius 3 is 2.04 bits per heavy atom. The molecule has 1 aliphatic carbocycles. The molecule has 0 atom stereocenters. The molecule has 1 saturated heterocycles. The van der Waals surface area contributed by atoms with E-state index >= 15 is 0 Å². The third kappa shape index (κ3) is 6.50. The molecule has 6 rings (SSSR count). The quantitative estimate of drug-likeness (QED) is 0.258. The standard InChI is InChI=1S/C33H32FN5O6/c1-38-15-17-39(18-16-38)32(42)45-29-19-25-26(20-28(29)43-2)35-14-11-27(25)44-24-9-7-23(8-10-24)37-31(41)33(12-13-33)30(40)36-22-5-3-21(34)4-6-22/h3-11,14,19-20H,12-13,15-18H2,1-2H3,(H,36,40)(H,37,41). The molecule has 232 valence electrons. The molecule has 3 aromatic carbocycles. The van der Waals surface area contributed by atoms with Gasteiger partial charge in [-0.1, -0.05) is 0 Å². The summed E-state index contributed by atoms with van der Waals surface area (Å²) in [5.41, 5.74) is 0.327. The minimum Gasteiger partial charge on any atom is -0.493 e. The second-order valence-corrected chi connectivity index (χ2v) is 11.1. The molecule has 1 aromatic heterocycles. The number of piperazine rings is 1. The molecule has 11 nitrogen and oxygen atoms in total. The Kier molecular flexibility index (Phi) is 8.22. The van der Waals surface area contributed by atoms with Crippen LogP contribution in [-0.4, -0.2) is 73.0 Å². The molecule has 12 heteroatoms. The van der Waals surface area contributed by atoms with Gasteiger partial charge in [-0.2, -0.15) is 0 Å². The minimum atomic E-state index is -1.17. The summed E-state index contributed by atoms with van der Waals surface area (Å²) in [5, 5.41) is 6.12. The number of hydrogen-bond donors (Lipinski definition) is 2. The lowest BCUT2D eigenvalue weighted by atomic mass is 10.0. The van der Waals surface area contributed by atoms with E-state index in [1.807, 2.05) is 7.05 Å². The Balaban J connectivity index is 1.13. The Labute approximate surface area is 258 Å². The van der Waals surface area contributed by atoms with Crippen LogP contribution in [0.4, 0.5) is 20.6 Å². The van der Waals surface area contributed by atoms with E-state index < -0.39 is 29.1 Å². The normalized spacial score (nSPS) is 15.7. The number of nitrogens with one attached hydrogen (secondary N) is 2. The topological polar surface area (TPSA) is 122 Å². The van der Waals surface area contributed by atoms with Crippen LogP contribution in [0.1, 0.15) is 12.8 Å². The summed E-state index contributed by atoms with van der Waals surface area (Å²) in [5.74, 6) is 0.332. The maximum Gasteiger partial charge on any atom is 0.415 e. The number of pyridine rings is 1. The first-order valence-electron chi connectivity index (χ1n) is 14.5. The number of rotatable bonds is 8. The zero-order valence-electron chi connectivity index (χ0n) is 24.8. The summed E-state index contributed by atoms with van der Waals surface area (Å²) < 4.78 is 30.6. The second kappa shape index (κ2) is 12.4. The van der Waals surface area contributed by atoms with Crippen LogP contribution in [0.2, 0.25) is 0 Å². The molecule has 45 heavy (non-hydrogen) atoms. The maximum absolute atomic E-state index is 13.2. The van der Waals surface area contributed by atoms with Crippen molar-refractivity contribution in [3.8, 4) is 23.0 Å². The summed E-state index contributed by atoms with van der Waals surface area (Å²) >= 11 is 0. The number of carbonyl (C=O) groups is 3. The minimum absolute atomic E-state index is 0.252. The number of fused-ring (bicyclic) bond motifs is 1. The van der Waals surface area contributed by atoms with Gasteiger partial charge in [0.2, 0.25) is 11.8 Å². The van der Waals surface area contributed by atoms with Crippen molar-refractivity contribution in [2.75, 3.05) is 51.0 Å². The molecular formula is C33H32FN5O6. The van der Waals surface area contributed by atoms with E-state index in [0.29, 0.717) is 65.5 Å². The highest BCUT2D eigenvalue weighted by Gasteiger charge is 2.56. The van der Waals surface area contributed by atoms with Gasteiger partial charge in [-0.3, -0.25) is 14.6 Å². The van der Waals surface area contributed by atoms with Crippen molar-refractivity contribution in [3.05, 3.63) is 78.7 Å². The SMILES string of the molecule is COc1cc2nccc(Oc3ccc(NC(=O)C4(C(=O)Nc5ccc(F)cc5)CC4)cc3)c2cc1OC(=O)N1CCN(C)CC1. The molecule has 0 radical (unpaired) electrons. The van der Waals surface area contributed by atoms with E-state index in [1.54, 1.807) is 53.6 Å². The monoisotopic (exact) mass is 613 g/mol. The average Bonchev–Trinajstić information content (AvgIpc) is 3.86. The highest BCUT2D eigenvalue weighted by Crippen LogP contribution is 2.47. The largest absolute Gasteiger partial charge is 0.493 e. The number of benzene rings is 3. The number of carbonyl (C=O) groups excluding carboxylic acids is 3. The fourth-order valence-electron chi connectivity index (χ4n) is 5.05. The van der Waals surface area contributed by atoms with Gasteiger partial charge in [-0.05, 0) is 80.6 Å². The summed E-state index contributed by atoms with van der Waals surface area (Å²) in [6.45, 7) is 2.67. The van der Waals surface area contributed by atoms with Crippen LogP contribution in [0.5, 0.6) is 23.0 Å². The molecule has 2 N–H and O–H groups in total. The Bertz CT molecular complexity index is 1740. The lowest BCUT2D eigenvalue weighted by Crippen LogP contribution is -2.48. The molecule has 2 heterocycles. The predicted molar refractivity (Wildman–Crippen MR) is 165 cm³/mol. The van der Waals surface area contributed by atoms with Crippen molar-refractivity contribution in [2.24, 2.45) is 5.41 Å². The molecule has 4 aromatic rings. The average molecular weight is 614 g/mol. The first-order chi connectivity index (χ1) is 21.7. The van der Waals surface area contributed by atoms with Gasteiger partial charge in [0.15, 0.2) is 11.5 Å². The van der Waals surface area contributed by atoms with E-state index in [0.717, 1.165) is 13.1 Å². The van der Waals surface area contributed by atoms with Crippen LogP contribution in [0.15, 0.2) is 72.9 Å². The number of hydrogen-bond acceptors (Lipinski definition) is 8. The van der Waals surface area contributed by atoms with Crippen molar-refractivity contribution >= 4 is 40.2 Å². The summed E-state index contributed by atoms with van der Waals surface area (Å²) in [6, 6.07) is 17.2. The van der Waals surface area contributed by atoms with Crippen molar-refractivity contribution in [3.63, 3.8) is 0 Å². The zero-order valence-corrected chi connectivity index (χ0v) is 24.8. The van der Waals surface area contributed by atoms with Crippen molar-refractivity contribution in [1.29, 1.82) is 0 Å². The number of aromatic nitrogens is 1. The van der Waals surface area contributed by atoms with Gasteiger partial charge in [0.05, 0.1) is 12.6 Å². The van der Waals surface area contributed by atoms with Gasteiger partial charge in [-0.15, -0.1) is 0 Å². The van der Waals surface area contributed by atoms with Crippen LogP contribution in [0, 0.1) is 11.2 Å². The van der Waals surface area contributed by atoms with Crippen LogP contribution >= 0.6 is 0 Å². The third-order valence-electron chi connectivity index (χ3n) is 8.01. The van der Waals surface area contributed by atoms with Gasteiger partial charge < -0.3 is 34.6 Å². The summed E-state index contributed by atoms with van der Waals surface area (Å²) in [7, 11) is 3.51. The number of halogens is 1. The number of nitrogens with zero attached hydrogens (tertiary/aromatic N) is 3. The summed E-state index contributed by atoms with van der Waals surface area (Å²) in [4.78, 5) is 47.0. The molecule has 0 bridgehead atoms. The van der Waals surface area contributed by atoms with E-state index in [-0.39, 0.29) is 5.75 Å². The molecular weight excluding hydrogens is 581 g/mol. The first-order valence-corrected chi connectivity index (χ1v) is 14.5. The van der Waals surface area contributed by atoms with E-state index in [2.05, 4.69) is 20.5 Å². The van der Waals surface area contributed by atoms with Gasteiger partial charge in [-0.25, -0.2) is 9.18 Å². The third-order valence-corrected chi connectivity index (χ3v) is 8.01. The van der Waals surface area contributed by atoms with Gasteiger partial charge >= 0.3 is 6.09 Å². The van der Waals surface area contributed by atoms with E-state index in [4.69, 9.17) is 14.2 Å². The fraction of sp³-hybridized carbons (Fsp3) is 0.273. The highest BCUT2D eigenvalue weighted by molar-refractivity contribution is 6.16. The van der Waals surface area contributed by atoms with Crippen LogP contribution in [0.25, 0.3) is 10.9 Å². The molecule has 2 aliphatic rings. The van der Waals surface area contributed by atoms with E-state index in [1.165, 1.54) is 31.4 Å². The second-order valence-electron chi connectivity index (χ2n) is 11.1. The van der Waals surface area contributed by atoms with Crippen LogP contribution in [-0.2, 0) is 9.59 Å². The number of ether oxygens (including phenoxy) is 3. The zero-order chi connectivity index (χ0) is 31.6. The van der Waals surface area contributed by atoms with E-state index in [9.17, 15) is 18.8 Å². The molecule has 0 spiro atoms. The highest BCUT2D eigenvalue weighted by atomic mass is 19.1. The Hall–Kier alpha value is -5.23. The number of likely N-dealkylation sites (N-methyl/N-ethyl adjacent to an activating group) is 1. The molecule has 0 unspecified atom stereocenters. The first kappa shape index (κ1) is 29.8. The Morgan fingerprint density at radius 2 is 1.44 bits per heavy atom. The smallest absolute Gasteiger partial charge is 0.415 e. The number of amides is 3. The lowest BCUT2D eigenvalue weighted by Gasteiger charge is -2.31. The fourth-order valence-corrected chi connectivity index (χ4v) is 5.05. The van der Waals surface area contributed by atoms with Crippen molar-refractivity contribution in [1.82, 2.24) is 14.8 Å². The van der Waals surface area contributed by atoms with Gasteiger partial charge in [0.25, 0.3) is 0 Å². The summed E-state index contributed by atoms with van der Waals surface area (Å²) in [6.07, 6.45) is 1.98. The molecule has 3 amide bonds. The molecule has 2 fully saturated rings. The number of methoxy groups -OCH3 is 1. The Morgan fingerprint density at radius 1 is 0.822 bits per heavy atom. The lowest BCUT2D eigenvalue weighted by molar-refractivity contribution is -0.131. The van der Waals surface area contributed by atoms with Crippen LogP contribution in [0.3, 0.4) is 0 Å². The van der Waals surface area contributed by atoms with Gasteiger partial charge in [0.1, 0.15) is 22.7 Å².